The number of rotatable bonds is 3. The van der Waals surface area contributed by atoms with Crippen molar-refractivity contribution in [1.29, 1.82) is 0 Å². The number of nitrogens with one attached hydrogen (secondary N) is 1. The van der Waals surface area contributed by atoms with E-state index in [2.05, 4.69) is 87.4 Å². The molecule has 30 heavy (non-hydrogen) atoms. The first kappa shape index (κ1) is 26.3. The third kappa shape index (κ3) is 9.41. The maximum absolute atomic E-state index is 4.38. The van der Waals surface area contributed by atoms with Crippen molar-refractivity contribution >= 4 is 47.8 Å². The van der Waals surface area contributed by atoms with E-state index < -0.39 is 0 Å². The first-order chi connectivity index (χ1) is 14.0. The first-order valence-electron chi connectivity index (χ1n) is 8.98. The molecule has 0 fully saturated rings. The Morgan fingerprint density at radius 2 is 1.43 bits per heavy atom. The molecule has 4 nitrogen and oxygen atoms in total. The molecule has 4 rings (SSSR count). The van der Waals surface area contributed by atoms with Crippen molar-refractivity contribution in [3.63, 3.8) is 0 Å². The lowest BCUT2D eigenvalue weighted by Gasteiger charge is -2.00. The SMILES string of the molecule is BrCc1ccccc1.C.Cc1[nH]ncc1Br.Cc1nn(Cc2ccccc2)cc1Br. The Hall–Kier alpha value is -1.70. The molecule has 0 unspecified atom stereocenters. The Kier molecular flexibility index (Phi) is 12.6. The van der Waals surface area contributed by atoms with E-state index in [0.29, 0.717) is 0 Å². The zero-order valence-corrected chi connectivity index (χ0v) is 21.1. The van der Waals surface area contributed by atoms with Crippen LogP contribution in [0.5, 0.6) is 0 Å². The number of nitrogens with zero attached hydrogens (tertiary/aromatic N) is 3. The van der Waals surface area contributed by atoms with Crippen LogP contribution in [0, 0.1) is 13.8 Å². The Morgan fingerprint density at radius 3 is 1.77 bits per heavy atom. The summed E-state index contributed by atoms with van der Waals surface area (Å²) < 4.78 is 4.04. The maximum Gasteiger partial charge on any atom is 0.0735 e. The number of hydrogen-bond acceptors (Lipinski definition) is 2. The van der Waals surface area contributed by atoms with Crippen LogP contribution >= 0.6 is 47.8 Å². The summed E-state index contributed by atoms with van der Waals surface area (Å²) >= 11 is 10.1. The summed E-state index contributed by atoms with van der Waals surface area (Å²) in [5.74, 6) is 0. The number of benzene rings is 2. The summed E-state index contributed by atoms with van der Waals surface area (Å²) in [5, 5.41) is 11.8. The fourth-order valence-corrected chi connectivity index (χ4v) is 3.13. The van der Waals surface area contributed by atoms with Gasteiger partial charge in [0.1, 0.15) is 0 Å². The average molecular weight is 599 g/mol. The van der Waals surface area contributed by atoms with E-state index in [-0.39, 0.29) is 7.43 Å². The molecule has 0 aliphatic carbocycles. The number of aryl methyl sites for hydroxylation is 2. The lowest BCUT2D eigenvalue weighted by Crippen LogP contribution is -1.99. The molecule has 0 spiro atoms. The van der Waals surface area contributed by atoms with Crippen molar-refractivity contribution in [2.45, 2.75) is 33.1 Å². The highest BCUT2D eigenvalue weighted by atomic mass is 79.9. The third-order valence-electron chi connectivity index (χ3n) is 3.84. The van der Waals surface area contributed by atoms with Crippen LogP contribution in [0.1, 0.15) is 29.9 Å². The van der Waals surface area contributed by atoms with Crippen LogP contribution in [0.2, 0.25) is 0 Å². The van der Waals surface area contributed by atoms with Crippen molar-refractivity contribution in [2.75, 3.05) is 0 Å². The highest BCUT2D eigenvalue weighted by Crippen LogP contribution is 2.14. The minimum Gasteiger partial charge on any atom is -0.282 e. The van der Waals surface area contributed by atoms with Gasteiger partial charge in [0, 0.05) is 17.2 Å². The van der Waals surface area contributed by atoms with Gasteiger partial charge >= 0.3 is 0 Å². The molecule has 0 amide bonds. The summed E-state index contributed by atoms with van der Waals surface area (Å²) in [5.41, 5.74) is 4.69. The van der Waals surface area contributed by atoms with Crippen molar-refractivity contribution in [1.82, 2.24) is 20.0 Å². The van der Waals surface area contributed by atoms with E-state index in [1.165, 1.54) is 11.1 Å². The second-order valence-electron chi connectivity index (χ2n) is 6.21. The largest absolute Gasteiger partial charge is 0.282 e. The van der Waals surface area contributed by atoms with Crippen LogP contribution in [0.3, 0.4) is 0 Å². The van der Waals surface area contributed by atoms with E-state index in [4.69, 9.17) is 0 Å². The molecular formula is C23H27Br3N4. The molecule has 2 aromatic heterocycles. The van der Waals surface area contributed by atoms with Gasteiger partial charge in [0.2, 0.25) is 0 Å². The van der Waals surface area contributed by atoms with Gasteiger partial charge in [-0.15, -0.1) is 0 Å². The minimum absolute atomic E-state index is 0. The van der Waals surface area contributed by atoms with Crippen LogP contribution in [0.15, 0.2) is 82.0 Å². The van der Waals surface area contributed by atoms with Crippen LogP contribution in [0.25, 0.3) is 0 Å². The summed E-state index contributed by atoms with van der Waals surface area (Å²) in [6.45, 7) is 4.77. The van der Waals surface area contributed by atoms with Gasteiger partial charge in [-0.25, -0.2) is 0 Å². The van der Waals surface area contributed by atoms with E-state index in [1.54, 1.807) is 6.20 Å². The van der Waals surface area contributed by atoms with Crippen molar-refractivity contribution in [3.8, 4) is 0 Å². The number of halogens is 3. The molecule has 2 heterocycles. The zero-order valence-electron chi connectivity index (χ0n) is 16.3. The van der Waals surface area contributed by atoms with E-state index in [1.807, 2.05) is 61.1 Å². The molecule has 0 saturated carbocycles. The number of H-pyrrole nitrogens is 1. The monoisotopic (exact) mass is 596 g/mol. The van der Waals surface area contributed by atoms with Crippen molar-refractivity contribution in [2.24, 2.45) is 0 Å². The van der Waals surface area contributed by atoms with Gasteiger partial charge < -0.3 is 0 Å². The number of aromatic amines is 1. The number of alkyl halides is 1. The van der Waals surface area contributed by atoms with E-state index in [0.717, 1.165) is 32.2 Å². The topological polar surface area (TPSA) is 46.5 Å². The maximum atomic E-state index is 4.38. The predicted molar refractivity (Wildman–Crippen MR) is 137 cm³/mol. The van der Waals surface area contributed by atoms with Gasteiger partial charge in [0.05, 0.1) is 27.4 Å². The van der Waals surface area contributed by atoms with Gasteiger partial charge in [0.25, 0.3) is 0 Å². The Morgan fingerprint density at radius 1 is 0.867 bits per heavy atom. The highest BCUT2D eigenvalue weighted by Gasteiger charge is 2.01. The molecule has 0 atom stereocenters. The molecular weight excluding hydrogens is 572 g/mol. The van der Waals surface area contributed by atoms with E-state index in [9.17, 15) is 0 Å². The Balaban J connectivity index is 0.000000241. The van der Waals surface area contributed by atoms with Crippen LogP contribution in [-0.2, 0) is 11.9 Å². The second kappa shape index (κ2) is 14.3. The van der Waals surface area contributed by atoms with Crippen LogP contribution in [-0.4, -0.2) is 20.0 Å². The molecule has 0 bridgehead atoms. The molecule has 160 valence electrons. The molecule has 0 aliphatic rings. The van der Waals surface area contributed by atoms with Crippen molar-refractivity contribution in [3.05, 3.63) is 105 Å². The first-order valence-corrected chi connectivity index (χ1v) is 11.7. The average Bonchev–Trinajstić information content (AvgIpc) is 3.27. The third-order valence-corrected chi connectivity index (χ3v) is 6.06. The van der Waals surface area contributed by atoms with Crippen molar-refractivity contribution < 1.29 is 0 Å². The normalized spacial score (nSPS) is 9.50. The smallest absolute Gasteiger partial charge is 0.0735 e. The molecule has 4 aromatic rings. The molecule has 1 N–H and O–H groups in total. The van der Waals surface area contributed by atoms with Gasteiger partial charge in [-0.1, -0.05) is 84.0 Å². The summed E-state index contributed by atoms with van der Waals surface area (Å²) in [6, 6.07) is 20.6. The number of hydrogen-bond donors (Lipinski definition) is 1. The number of aromatic nitrogens is 4. The van der Waals surface area contributed by atoms with E-state index >= 15 is 0 Å². The Labute approximate surface area is 204 Å². The van der Waals surface area contributed by atoms with Crippen LogP contribution < -0.4 is 0 Å². The molecule has 0 saturated heterocycles. The minimum atomic E-state index is 0. The Bertz CT molecular complexity index is 931. The van der Waals surface area contributed by atoms with Gasteiger partial charge in [-0.05, 0) is 56.8 Å². The summed E-state index contributed by atoms with van der Waals surface area (Å²) in [4.78, 5) is 0. The standard InChI is InChI=1S/C11H11BrN2.C7H7Br.C4H5BrN2.CH4/c1-9-11(12)8-14(13-9)7-10-5-3-2-4-6-10;8-6-7-4-2-1-3-5-7;1-3-4(5)2-6-7-3;/h2-6,8H,7H2,1H3;1-5H,6H2;2H,1H3,(H,6,7);1H4. The predicted octanol–water partition coefficient (Wildman–Crippen LogP) is 7.70. The quantitative estimate of drug-likeness (QED) is 0.246. The summed E-state index contributed by atoms with van der Waals surface area (Å²) in [6.07, 6.45) is 3.73. The van der Waals surface area contributed by atoms with Gasteiger partial charge in [0.15, 0.2) is 0 Å². The fourth-order valence-electron chi connectivity index (χ4n) is 2.25. The molecule has 2 aromatic carbocycles. The lowest BCUT2D eigenvalue weighted by molar-refractivity contribution is 0.679. The van der Waals surface area contributed by atoms with Gasteiger partial charge in [-0.3, -0.25) is 9.78 Å². The highest BCUT2D eigenvalue weighted by molar-refractivity contribution is 9.10. The summed E-state index contributed by atoms with van der Waals surface area (Å²) in [7, 11) is 0. The fraction of sp³-hybridized carbons (Fsp3) is 0.217. The van der Waals surface area contributed by atoms with Gasteiger partial charge in [-0.2, -0.15) is 10.2 Å². The lowest BCUT2D eigenvalue weighted by atomic mass is 10.2. The molecule has 0 radical (unpaired) electrons. The molecule has 0 aliphatic heterocycles. The second-order valence-corrected chi connectivity index (χ2v) is 8.48. The molecule has 7 heteroatoms. The zero-order chi connectivity index (χ0) is 21.1. The van der Waals surface area contributed by atoms with Crippen LogP contribution in [0.4, 0.5) is 0 Å².